The Kier molecular flexibility index (Phi) is 23.6. The van der Waals surface area contributed by atoms with Crippen molar-refractivity contribution in [2.75, 3.05) is 0 Å². The summed E-state index contributed by atoms with van der Waals surface area (Å²) in [5, 5.41) is 16.7. The van der Waals surface area contributed by atoms with Crippen molar-refractivity contribution in [2.24, 2.45) is 0 Å². The summed E-state index contributed by atoms with van der Waals surface area (Å²) in [7, 11) is 12.7. The van der Waals surface area contributed by atoms with Crippen LogP contribution < -0.4 is 63.7 Å². The van der Waals surface area contributed by atoms with E-state index in [4.69, 9.17) is 0 Å². The number of hydrogen-bond acceptors (Lipinski definition) is 0. The number of hydrogen-bond donors (Lipinski definition) is 0. The summed E-state index contributed by atoms with van der Waals surface area (Å²) in [5.41, 5.74) is 0. The predicted octanol–water partition coefficient (Wildman–Crippen LogP) is 15.1. The topological polar surface area (TPSA) is 0 Å². The first kappa shape index (κ1) is 61.8. The number of rotatable bonds is 12. The molecule has 0 bridgehead atoms. The molecule has 0 aliphatic heterocycles. The van der Waals surface area contributed by atoms with E-state index in [-0.39, 0.29) is 21.1 Å². The van der Waals surface area contributed by atoms with Gasteiger partial charge in [-0.3, -0.25) is 0 Å². The van der Waals surface area contributed by atoms with E-state index < -0.39 is 27.8 Å². The molecule has 0 amide bonds. The minimum atomic E-state index is -1.61. The first-order chi connectivity index (χ1) is 39.3. The Hall–Kier alpha value is -5.23. The molecule has 12 rings (SSSR count). The van der Waals surface area contributed by atoms with Crippen LogP contribution in [-0.2, 0) is 21.1 Å². The molecule has 0 radical (unpaired) electrons. The zero-order valence-electron chi connectivity index (χ0n) is 45.1. The van der Waals surface area contributed by atoms with Gasteiger partial charge in [0.15, 0.2) is 0 Å². The molecule has 0 N–H and O–H groups in total. The largest absolute Gasteiger partial charge is 0.124 e. The zero-order valence-corrected chi connectivity index (χ0v) is 55.5. The average molecular weight is 1380 g/mol. The summed E-state index contributed by atoms with van der Waals surface area (Å²) in [4.78, 5) is 0. The Morgan fingerprint density at radius 2 is 0.185 bits per heavy atom. The molecule has 0 saturated carbocycles. The molecule has 0 heterocycles. The fourth-order valence-corrected chi connectivity index (χ4v) is 27.2. The van der Waals surface area contributed by atoms with Gasteiger partial charge in [-0.15, -0.1) is 0 Å². The standard InChI is InChI=1S/4C18H17P2.Pt/c4*19-20(16-10-4-1-5-11-16,17-12-6-2-7-13-17)18-14-8-3-9-15-18;/h4*1-15H,19H2;/q4*+1;. The Bertz CT molecular complexity index is 2770. The Morgan fingerprint density at radius 1 is 0.123 bits per heavy atom. The van der Waals surface area contributed by atoms with E-state index in [9.17, 15) is 0 Å². The van der Waals surface area contributed by atoms with Crippen LogP contribution in [0.25, 0.3) is 0 Å². The van der Waals surface area contributed by atoms with E-state index in [1.54, 1.807) is 0 Å². The maximum absolute atomic E-state index is 3.17. The molecule has 4 unspecified atom stereocenters. The van der Waals surface area contributed by atoms with E-state index >= 15 is 0 Å². The van der Waals surface area contributed by atoms with Crippen molar-refractivity contribution in [3.63, 3.8) is 0 Å². The van der Waals surface area contributed by atoms with E-state index in [1.807, 2.05) is 0 Å². The van der Waals surface area contributed by atoms with Gasteiger partial charge in [0.1, 0.15) is 91.5 Å². The fraction of sp³-hybridized carbons (Fsp3) is 0. The summed E-state index contributed by atoms with van der Waals surface area (Å²) >= 11 is 0. The Balaban J connectivity index is 0.000000141. The van der Waals surface area contributed by atoms with Crippen LogP contribution in [0.4, 0.5) is 0 Å². The van der Waals surface area contributed by atoms with Crippen LogP contribution in [0.3, 0.4) is 0 Å². The minimum absolute atomic E-state index is 0. The molecule has 81 heavy (non-hydrogen) atoms. The van der Waals surface area contributed by atoms with Crippen LogP contribution in [0, 0.1) is 0 Å². The smallest absolute Gasteiger partial charge is 0.0620 e. The molecule has 9 heteroatoms. The van der Waals surface area contributed by atoms with Crippen LogP contribution in [0.2, 0.25) is 0 Å². The molecule has 0 nitrogen and oxygen atoms in total. The average Bonchev–Trinajstić information content (AvgIpc) is 3.63. The van der Waals surface area contributed by atoms with Gasteiger partial charge < -0.3 is 0 Å². The molecule has 12 aromatic carbocycles. The van der Waals surface area contributed by atoms with Gasteiger partial charge >= 0.3 is 0 Å². The second-order valence-corrected chi connectivity index (χ2v) is 40.2. The van der Waals surface area contributed by atoms with Crippen molar-refractivity contribution in [1.82, 2.24) is 0 Å². The molecular weight excluding hydrogens is 1310 g/mol. The molecule has 0 spiro atoms. The van der Waals surface area contributed by atoms with E-state index in [0.717, 1.165) is 0 Å². The van der Waals surface area contributed by atoms with Crippen molar-refractivity contribution in [1.29, 1.82) is 0 Å². The van der Waals surface area contributed by atoms with Crippen molar-refractivity contribution < 1.29 is 21.1 Å². The Labute approximate surface area is 508 Å². The summed E-state index contributed by atoms with van der Waals surface area (Å²) in [6.07, 6.45) is 0. The van der Waals surface area contributed by atoms with Crippen molar-refractivity contribution >= 4 is 127 Å². The minimum Gasteiger partial charge on any atom is -0.0620 e. The second-order valence-electron chi connectivity index (χ2n) is 18.9. The van der Waals surface area contributed by atoms with Gasteiger partial charge in [-0.05, 0) is 146 Å². The third-order valence-corrected chi connectivity index (χ3v) is 38.0. The van der Waals surface area contributed by atoms with E-state index in [1.165, 1.54) is 63.7 Å². The monoisotopic (exact) mass is 1380 g/mol. The summed E-state index contributed by atoms with van der Waals surface area (Å²) < 4.78 is 0. The molecule has 402 valence electrons. The molecule has 4 atom stereocenters. The van der Waals surface area contributed by atoms with Gasteiger partial charge in [-0.2, -0.15) is 0 Å². The first-order valence-electron chi connectivity index (χ1n) is 26.6. The summed E-state index contributed by atoms with van der Waals surface area (Å²) in [6, 6.07) is 130. The van der Waals surface area contributed by atoms with Crippen LogP contribution in [0.5, 0.6) is 0 Å². The SMILES string of the molecule is P[P+](c1ccccc1)(c1ccccc1)c1ccccc1.P[P+](c1ccccc1)(c1ccccc1)c1ccccc1.P[P+](c1ccccc1)(c1ccccc1)c1ccccc1.P[P+](c1ccccc1)(c1ccccc1)c1ccccc1.[Pt]. The van der Waals surface area contributed by atoms with Crippen LogP contribution in [0.15, 0.2) is 364 Å². The number of benzene rings is 12. The third kappa shape index (κ3) is 14.9. The maximum Gasteiger partial charge on any atom is 0.124 e. The molecule has 0 aliphatic carbocycles. The summed E-state index contributed by atoms with van der Waals surface area (Å²) in [5.74, 6) is 0. The van der Waals surface area contributed by atoms with Crippen molar-refractivity contribution in [3.8, 4) is 0 Å². The van der Waals surface area contributed by atoms with Gasteiger partial charge in [-0.1, -0.05) is 218 Å². The fourth-order valence-electron chi connectivity index (χ4n) is 9.75. The van der Waals surface area contributed by atoms with Crippen LogP contribution in [0.1, 0.15) is 0 Å². The van der Waals surface area contributed by atoms with Gasteiger partial charge in [0.2, 0.25) is 0 Å². The van der Waals surface area contributed by atoms with Crippen LogP contribution in [-0.4, -0.2) is 0 Å². The molecule has 0 saturated heterocycles. The van der Waals surface area contributed by atoms with Gasteiger partial charge in [0, 0.05) is 56.8 Å². The quantitative estimate of drug-likeness (QED) is 0.107. The first-order valence-corrected chi connectivity index (χ1v) is 40.3. The summed E-state index contributed by atoms with van der Waals surface area (Å²) in [6.45, 7) is -6.44. The molecule has 0 fully saturated rings. The molecule has 0 aliphatic rings. The van der Waals surface area contributed by atoms with Gasteiger partial charge in [0.25, 0.3) is 0 Å². The van der Waals surface area contributed by atoms with Crippen molar-refractivity contribution in [3.05, 3.63) is 364 Å². The maximum atomic E-state index is 3.17. The van der Waals surface area contributed by atoms with E-state index in [0.29, 0.717) is 0 Å². The Morgan fingerprint density at radius 3 is 0.247 bits per heavy atom. The molecule has 0 aromatic heterocycles. The normalized spacial score (nSPS) is 11.1. The van der Waals surface area contributed by atoms with Crippen LogP contribution >= 0.6 is 63.5 Å². The third-order valence-electron chi connectivity index (χ3n) is 14.0. The molecular formula is C72H68P8Pt+4. The van der Waals surface area contributed by atoms with Crippen molar-refractivity contribution in [2.45, 2.75) is 0 Å². The molecule has 12 aromatic rings. The van der Waals surface area contributed by atoms with E-state index in [2.05, 4.69) is 400 Å². The second kappa shape index (κ2) is 30.9. The van der Waals surface area contributed by atoms with Gasteiger partial charge in [-0.25, -0.2) is 0 Å². The zero-order chi connectivity index (χ0) is 55.4. The van der Waals surface area contributed by atoms with Gasteiger partial charge in [0.05, 0.1) is 0 Å². The predicted molar refractivity (Wildman–Crippen MR) is 379 cm³/mol.